The molecule has 1 aromatic carbocycles. The number of likely N-dealkylation sites (N-methyl/N-ethyl adjacent to an activating group) is 1. The van der Waals surface area contributed by atoms with E-state index in [0.29, 0.717) is 6.61 Å². The molecule has 0 aliphatic heterocycles. The van der Waals surface area contributed by atoms with Crippen molar-refractivity contribution in [2.24, 2.45) is 0 Å². The van der Waals surface area contributed by atoms with Crippen LogP contribution in [-0.4, -0.2) is 55.9 Å². The van der Waals surface area contributed by atoms with Gasteiger partial charge in [0.2, 0.25) is 5.91 Å². The zero-order chi connectivity index (χ0) is 15.0. The molecule has 0 aromatic heterocycles. The monoisotopic (exact) mass is 281 g/mol. The van der Waals surface area contributed by atoms with Crippen LogP contribution in [0.4, 0.5) is 0 Å². The van der Waals surface area contributed by atoms with Crippen molar-refractivity contribution >= 4 is 5.91 Å². The Kier molecular flexibility index (Phi) is 7.04. The molecule has 0 heterocycles. The molecule has 1 aromatic rings. The van der Waals surface area contributed by atoms with E-state index < -0.39 is 6.10 Å². The predicted octanol–water partition coefficient (Wildman–Crippen LogP) is 1.23. The van der Waals surface area contributed by atoms with Crippen LogP contribution in [0.1, 0.15) is 12.0 Å². The van der Waals surface area contributed by atoms with Gasteiger partial charge in [0.15, 0.2) is 0 Å². The van der Waals surface area contributed by atoms with Gasteiger partial charge in [-0.05, 0) is 18.6 Å². The number of aliphatic hydroxyl groups excluding tert-OH is 1. The second-order valence-corrected chi connectivity index (χ2v) is 4.75. The molecule has 0 fully saturated rings. The van der Waals surface area contributed by atoms with Crippen LogP contribution in [0.25, 0.3) is 0 Å². The Bertz CT molecular complexity index is 422. The number of benzene rings is 1. The predicted molar refractivity (Wildman–Crippen MR) is 76.8 cm³/mol. The number of hydrogen-bond donors (Lipinski definition) is 1. The number of nitrogens with zero attached hydrogens (tertiary/aromatic N) is 1. The van der Waals surface area contributed by atoms with E-state index in [1.807, 2.05) is 31.2 Å². The molecule has 0 bridgehead atoms. The molecule has 0 saturated carbocycles. The molecule has 0 radical (unpaired) electrons. The molecular weight excluding hydrogens is 258 g/mol. The summed E-state index contributed by atoms with van der Waals surface area (Å²) in [5.41, 5.74) is 1.05. The van der Waals surface area contributed by atoms with Crippen LogP contribution in [0, 0.1) is 6.92 Å². The van der Waals surface area contributed by atoms with Gasteiger partial charge in [0.05, 0.1) is 25.7 Å². The first-order valence-electron chi connectivity index (χ1n) is 6.64. The zero-order valence-electron chi connectivity index (χ0n) is 12.3. The van der Waals surface area contributed by atoms with Gasteiger partial charge in [0.1, 0.15) is 5.75 Å². The summed E-state index contributed by atoms with van der Waals surface area (Å²) < 4.78 is 10.4. The maximum atomic E-state index is 11.9. The number of aryl methyl sites for hydroxylation is 1. The van der Waals surface area contributed by atoms with Gasteiger partial charge in [-0.3, -0.25) is 4.79 Å². The van der Waals surface area contributed by atoms with E-state index in [2.05, 4.69) is 0 Å². The maximum absolute atomic E-state index is 11.9. The fraction of sp³-hybridized carbons (Fsp3) is 0.533. The zero-order valence-corrected chi connectivity index (χ0v) is 12.3. The quantitative estimate of drug-likeness (QED) is 0.778. The SMILES string of the molecule is COCC(O)CN(C)C(=O)CCOc1ccccc1C. The molecule has 112 valence electrons. The van der Waals surface area contributed by atoms with Crippen LogP contribution in [-0.2, 0) is 9.53 Å². The van der Waals surface area contributed by atoms with E-state index in [4.69, 9.17) is 9.47 Å². The highest BCUT2D eigenvalue weighted by atomic mass is 16.5. The van der Waals surface area contributed by atoms with Crippen molar-refractivity contribution in [2.45, 2.75) is 19.4 Å². The Morgan fingerprint density at radius 3 is 2.75 bits per heavy atom. The van der Waals surface area contributed by atoms with Crippen molar-refractivity contribution in [1.82, 2.24) is 4.90 Å². The minimum Gasteiger partial charge on any atom is -0.493 e. The molecule has 20 heavy (non-hydrogen) atoms. The first-order chi connectivity index (χ1) is 9.54. The van der Waals surface area contributed by atoms with Crippen molar-refractivity contribution < 1.29 is 19.4 Å². The molecule has 0 aliphatic rings. The highest BCUT2D eigenvalue weighted by Crippen LogP contribution is 2.16. The van der Waals surface area contributed by atoms with E-state index in [9.17, 15) is 9.90 Å². The van der Waals surface area contributed by atoms with Crippen LogP contribution in [0.3, 0.4) is 0 Å². The topological polar surface area (TPSA) is 59.0 Å². The van der Waals surface area contributed by atoms with E-state index in [1.165, 1.54) is 12.0 Å². The van der Waals surface area contributed by atoms with Crippen molar-refractivity contribution in [3.05, 3.63) is 29.8 Å². The van der Waals surface area contributed by atoms with E-state index in [-0.39, 0.29) is 25.5 Å². The third-order valence-electron chi connectivity index (χ3n) is 2.94. The second kappa shape index (κ2) is 8.55. The number of carbonyl (C=O) groups excluding carboxylic acids is 1. The largest absolute Gasteiger partial charge is 0.493 e. The number of para-hydroxylation sites is 1. The van der Waals surface area contributed by atoms with Crippen LogP contribution >= 0.6 is 0 Å². The molecule has 0 saturated heterocycles. The Labute approximate surface area is 120 Å². The third-order valence-corrected chi connectivity index (χ3v) is 2.94. The number of hydrogen-bond acceptors (Lipinski definition) is 4. The maximum Gasteiger partial charge on any atom is 0.225 e. The van der Waals surface area contributed by atoms with Crippen LogP contribution in [0.15, 0.2) is 24.3 Å². The average Bonchev–Trinajstić information content (AvgIpc) is 2.41. The van der Waals surface area contributed by atoms with E-state index >= 15 is 0 Å². The smallest absolute Gasteiger partial charge is 0.225 e. The number of methoxy groups -OCH3 is 1. The lowest BCUT2D eigenvalue weighted by atomic mass is 10.2. The number of aliphatic hydroxyl groups is 1. The van der Waals surface area contributed by atoms with Gasteiger partial charge < -0.3 is 19.5 Å². The standard InChI is InChI=1S/C15H23NO4/c1-12-6-4-5-7-14(12)20-9-8-15(18)16(2)10-13(17)11-19-3/h4-7,13,17H,8-11H2,1-3H3. The molecule has 1 atom stereocenters. The summed E-state index contributed by atoms with van der Waals surface area (Å²) in [6.45, 7) is 2.77. The number of ether oxygens (including phenoxy) is 2. The summed E-state index contributed by atoms with van der Waals surface area (Å²) in [6.07, 6.45) is -0.379. The minimum atomic E-state index is -0.661. The summed E-state index contributed by atoms with van der Waals surface area (Å²) in [6, 6.07) is 7.69. The third kappa shape index (κ3) is 5.59. The fourth-order valence-electron chi connectivity index (χ4n) is 1.82. The number of carbonyl (C=O) groups is 1. The summed E-state index contributed by atoms with van der Waals surface area (Å²) in [4.78, 5) is 13.3. The van der Waals surface area contributed by atoms with E-state index in [1.54, 1.807) is 7.05 Å². The van der Waals surface area contributed by atoms with E-state index in [0.717, 1.165) is 11.3 Å². The molecule has 0 aliphatic carbocycles. The highest BCUT2D eigenvalue weighted by molar-refractivity contribution is 5.76. The van der Waals surface area contributed by atoms with Crippen LogP contribution < -0.4 is 4.74 Å². The molecule has 0 spiro atoms. The average molecular weight is 281 g/mol. The van der Waals surface area contributed by atoms with Gasteiger partial charge in [-0.25, -0.2) is 0 Å². The van der Waals surface area contributed by atoms with Crippen molar-refractivity contribution in [1.29, 1.82) is 0 Å². The number of amides is 1. The summed E-state index contributed by atoms with van der Waals surface area (Å²) >= 11 is 0. The lowest BCUT2D eigenvalue weighted by molar-refractivity contribution is -0.132. The molecule has 1 amide bonds. The lowest BCUT2D eigenvalue weighted by Crippen LogP contribution is -2.36. The van der Waals surface area contributed by atoms with Crippen LogP contribution in [0.2, 0.25) is 0 Å². The molecule has 1 rings (SSSR count). The van der Waals surface area contributed by atoms with Gasteiger partial charge in [-0.2, -0.15) is 0 Å². The first kappa shape index (κ1) is 16.5. The molecule has 5 nitrogen and oxygen atoms in total. The number of rotatable bonds is 8. The molecular formula is C15H23NO4. The Hall–Kier alpha value is -1.59. The summed E-state index contributed by atoms with van der Waals surface area (Å²) in [7, 11) is 3.18. The fourth-order valence-corrected chi connectivity index (χ4v) is 1.82. The summed E-state index contributed by atoms with van der Waals surface area (Å²) in [5, 5.41) is 9.56. The normalized spacial score (nSPS) is 12.0. The summed E-state index contributed by atoms with van der Waals surface area (Å²) in [5.74, 6) is 0.733. The Balaban J connectivity index is 2.31. The lowest BCUT2D eigenvalue weighted by Gasteiger charge is -2.20. The second-order valence-electron chi connectivity index (χ2n) is 4.75. The van der Waals surface area contributed by atoms with Gasteiger partial charge in [0.25, 0.3) is 0 Å². The van der Waals surface area contributed by atoms with Gasteiger partial charge in [0, 0.05) is 20.7 Å². The molecule has 5 heteroatoms. The van der Waals surface area contributed by atoms with Crippen LogP contribution in [0.5, 0.6) is 5.75 Å². The Morgan fingerprint density at radius 2 is 2.10 bits per heavy atom. The first-order valence-corrected chi connectivity index (χ1v) is 6.64. The van der Waals surface area contributed by atoms with Crippen molar-refractivity contribution in [2.75, 3.05) is 33.9 Å². The van der Waals surface area contributed by atoms with Gasteiger partial charge in [-0.15, -0.1) is 0 Å². The van der Waals surface area contributed by atoms with Gasteiger partial charge >= 0.3 is 0 Å². The Morgan fingerprint density at radius 1 is 1.40 bits per heavy atom. The van der Waals surface area contributed by atoms with Gasteiger partial charge in [-0.1, -0.05) is 18.2 Å². The molecule has 1 N–H and O–H groups in total. The van der Waals surface area contributed by atoms with Crippen molar-refractivity contribution in [3.8, 4) is 5.75 Å². The molecule has 1 unspecified atom stereocenters. The minimum absolute atomic E-state index is 0.0614. The van der Waals surface area contributed by atoms with Crippen molar-refractivity contribution in [3.63, 3.8) is 0 Å². The highest BCUT2D eigenvalue weighted by Gasteiger charge is 2.13.